The van der Waals surface area contributed by atoms with E-state index >= 15 is 0 Å². The molecule has 0 radical (unpaired) electrons. The van der Waals surface area contributed by atoms with Gasteiger partial charge in [0.15, 0.2) is 5.96 Å². The van der Waals surface area contributed by atoms with Gasteiger partial charge in [0, 0.05) is 52.5 Å². The Balaban J connectivity index is 1.42. The van der Waals surface area contributed by atoms with Crippen LogP contribution in [0.2, 0.25) is 0 Å². The monoisotopic (exact) mass is 410 g/mol. The van der Waals surface area contributed by atoms with Crippen molar-refractivity contribution in [3.05, 3.63) is 54.2 Å². The third-order valence-corrected chi connectivity index (χ3v) is 5.16. The Bertz CT molecular complexity index is 770. The Hall–Kier alpha value is -2.80. The first-order chi connectivity index (χ1) is 14.7. The molecule has 30 heavy (non-hydrogen) atoms. The summed E-state index contributed by atoms with van der Waals surface area (Å²) >= 11 is 0. The predicted molar refractivity (Wildman–Crippen MR) is 123 cm³/mol. The van der Waals surface area contributed by atoms with Gasteiger partial charge in [-0.15, -0.1) is 0 Å². The van der Waals surface area contributed by atoms with Gasteiger partial charge >= 0.3 is 0 Å². The lowest BCUT2D eigenvalue weighted by Gasteiger charge is -2.37. The van der Waals surface area contributed by atoms with E-state index in [0.29, 0.717) is 0 Å². The molecule has 0 aliphatic carbocycles. The topological polar surface area (TPSA) is 56.2 Å². The lowest BCUT2D eigenvalue weighted by molar-refractivity contribution is 0.281. The second-order valence-electron chi connectivity index (χ2n) is 7.71. The van der Waals surface area contributed by atoms with Gasteiger partial charge in [-0.05, 0) is 50.3 Å². The van der Waals surface area contributed by atoms with Crippen molar-refractivity contribution < 1.29 is 4.74 Å². The maximum absolute atomic E-state index is 5.81. The number of benzene rings is 1. The predicted octanol–water partition coefficient (Wildman–Crippen LogP) is 2.31. The molecule has 7 nitrogen and oxygen atoms in total. The molecule has 0 bridgehead atoms. The van der Waals surface area contributed by atoms with Gasteiger partial charge in [0.1, 0.15) is 11.6 Å². The lowest BCUT2D eigenvalue weighted by Crippen LogP contribution is -2.52. The molecule has 1 saturated heterocycles. The number of nitrogens with one attached hydrogen (secondary N) is 1. The Morgan fingerprint density at radius 3 is 2.50 bits per heavy atom. The van der Waals surface area contributed by atoms with Gasteiger partial charge in [-0.25, -0.2) is 4.98 Å². The van der Waals surface area contributed by atoms with Gasteiger partial charge in [0.25, 0.3) is 0 Å². The fourth-order valence-electron chi connectivity index (χ4n) is 3.48. The van der Waals surface area contributed by atoms with Crippen LogP contribution in [0.15, 0.2) is 53.7 Å². The fourth-order valence-corrected chi connectivity index (χ4v) is 3.48. The minimum Gasteiger partial charge on any atom is -0.494 e. The number of aromatic nitrogens is 1. The molecular weight excluding hydrogens is 376 g/mol. The minimum atomic E-state index is 0.743. The first kappa shape index (κ1) is 21.9. The average molecular weight is 411 g/mol. The third kappa shape index (κ3) is 6.62. The van der Waals surface area contributed by atoms with Crippen LogP contribution < -0.4 is 15.0 Å². The van der Waals surface area contributed by atoms with Crippen molar-refractivity contribution in [3.63, 3.8) is 0 Å². The van der Waals surface area contributed by atoms with Gasteiger partial charge in [-0.3, -0.25) is 4.99 Å². The molecule has 2 aromatic rings. The molecule has 0 spiro atoms. The zero-order valence-corrected chi connectivity index (χ0v) is 18.4. The van der Waals surface area contributed by atoms with Gasteiger partial charge in [-0.1, -0.05) is 18.2 Å². The van der Waals surface area contributed by atoms with E-state index in [1.54, 1.807) is 0 Å². The van der Waals surface area contributed by atoms with E-state index in [0.717, 1.165) is 69.8 Å². The van der Waals surface area contributed by atoms with Crippen LogP contribution in [0.4, 0.5) is 5.82 Å². The summed E-state index contributed by atoms with van der Waals surface area (Å²) in [7, 11) is 6.00. The second-order valence-corrected chi connectivity index (χ2v) is 7.71. The lowest BCUT2D eigenvalue weighted by atomic mass is 10.2. The summed E-state index contributed by atoms with van der Waals surface area (Å²) in [6.45, 7) is 6.26. The van der Waals surface area contributed by atoms with Crippen LogP contribution in [0.5, 0.6) is 5.75 Å². The number of aliphatic imine (C=N–C) groups is 1. The van der Waals surface area contributed by atoms with Crippen LogP contribution in [-0.4, -0.2) is 81.2 Å². The van der Waals surface area contributed by atoms with Crippen LogP contribution in [-0.2, 0) is 6.54 Å². The molecule has 1 aliphatic heterocycles. The van der Waals surface area contributed by atoms with E-state index in [1.807, 2.05) is 37.5 Å². The number of guanidine groups is 1. The molecule has 2 heterocycles. The molecule has 0 amide bonds. The maximum Gasteiger partial charge on any atom is 0.194 e. The van der Waals surface area contributed by atoms with E-state index in [9.17, 15) is 0 Å². The molecule has 0 unspecified atom stereocenters. The second kappa shape index (κ2) is 11.4. The molecule has 1 fully saturated rings. The molecule has 7 heteroatoms. The highest BCUT2D eigenvalue weighted by Gasteiger charge is 2.20. The van der Waals surface area contributed by atoms with E-state index in [2.05, 4.69) is 62.3 Å². The van der Waals surface area contributed by atoms with Gasteiger partial charge < -0.3 is 24.8 Å². The first-order valence-electron chi connectivity index (χ1n) is 10.6. The Morgan fingerprint density at radius 1 is 1.10 bits per heavy atom. The number of piperazine rings is 1. The molecule has 3 rings (SSSR count). The maximum atomic E-state index is 5.81. The van der Waals surface area contributed by atoms with Crippen molar-refractivity contribution in [1.82, 2.24) is 20.1 Å². The molecule has 1 aromatic carbocycles. The van der Waals surface area contributed by atoms with E-state index in [4.69, 9.17) is 4.74 Å². The molecular formula is C23H34N6O. The number of ether oxygens (including phenoxy) is 1. The zero-order valence-electron chi connectivity index (χ0n) is 18.4. The highest BCUT2D eigenvalue weighted by molar-refractivity contribution is 5.80. The van der Waals surface area contributed by atoms with Crippen LogP contribution in [0.3, 0.4) is 0 Å². The summed E-state index contributed by atoms with van der Waals surface area (Å²) in [5.41, 5.74) is 1.21. The van der Waals surface area contributed by atoms with Crippen LogP contribution in [0.25, 0.3) is 0 Å². The summed E-state index contributed by atoms with van der Waals surface area (Å²) in [6, 6.07) is 14.4. The summed E-state index contributed by atoms with van der Waals surface area (Å²) in [6.07, 6.45) is 2.88. The summed E-state index contributed by atoms with van der Waals surface area (Å²) in [5, 5.41) is 3.49. The molecule has 1 aliphatic rings. The van der Waals surface area contributed by atoms with Crippen molar-refractivity contribution in [2.75, 3.05) is 65.4 Å². The van der Waals surface area contributed by atoms with Crippen LogP contribution in [0, 0.1) is 0 Å². The smallest absolute Gasteiger partial charge is 0.194 e. The normalized spacial score (nSPS) is 14.9. The number of anilines is 1. The largest absolute Gasteiger partial charge is 0.494 e. The number of pyridine rings is 1. The Morgan fingerprint density at radius 2 is 1.87 bits per heavy atom. The summed E-state index contributed by atoms with van der Waals surface area (Å²) in [5.74, 6) is 2.91. The standard InChI is InChI=1S/C23H34N6O/c1-24-23(29-16-14-28(15-17-29)22-7-4-5-12-25-22)26-19-20-8-10-21(11-9-20)30-18-6-13-27(2)3/h4-5,7-12H,6,13-19H2,1-3H3,(H,24,26). The van der Waals surface area contributed by atoms with Crippen molar-refractivity contribution >= 4 is 11.8 Å². The number of rotatable bonds is 8. The van der Waals surface area contributed by atoms with E-state index < -0.39 is 0 Å². The van der Waals surface area contributed by atoms with E-state index in [-0.39, 0.29) is 0 Å². The molecule has 1 aromatic heterocycles. The molecule has 162 valence electrons. The number of hydrogen-bond acceptors (Lipinski definition) is 5. The van der Waals surface area contributed by atoms with Crippen molar-refractivity contribution in [1.29, 1.82) is 0 Å². The highest BCUT2D eigenvalue weighted by Crippen LogP contribution is 2.14. The first-order valence-corrected chi connectivity index (χ1v) is 10.6. The van der Waals surface area contributed by atoms with Crippen LogP contribution in [0.1, 0.15) is 12.0 Å². The van der Waals surface area contributed by atoms with Crippen molar-refractivity contribution in [2.45, 2.75) is 13.0 Å². The Labute approximate surface area is 180 Å². The van der Waals surface area contributed by atoms with Gasteiger partial charge in [-0.2, -0.15) is 0 Å². The highest BCUT2D eigenvalue weighted by atomic mass is 16.5. The summed E-state index contributed by atoms with van der Waals surface area (Å²) in [4.78, 5) is 15.7. The van der Waals surface area contributed by atoms with Gasteiger partial charge in [0.2, 0.25) is 0 Å². The molecule has 1 N–H and O–H groups in total. The zero-order chi connectivity index (χ0) is 21.2. The fraction of sp³-hybridized carbons (Fsp3) is 0.478. The SMILES string of the molecule is CN=C(NCc1ccc(OCCCN(C)C)cc1)N1CCN(c2ccccn2)CC1. The quantitative estimate of drug-likeness (QED) is 0.409. The Kier molecular flexibility index (Phi) is 8.32. The van der Waals surface area contributed by atoms with Crippen LogP contribution >= 0.6 is 0 Å². The summed E-state index contributed by atoms with van der Waals surface area (Å²) < 4.78 is 5.81. The van der Waals surface area contributed by atoms with E-state index in [1.165, 1.54) is 5.56 Å². The minimum absolute atomic E-state index is 0.743. The van der Waals surface area contributed by atoms with Crippen molar-refractivity contribution in [2.24, 2.45) is 4.99 Å². The average Bonchev–Trinajstić information content (AvgIpc) is 2.79. The van der Waals surface area contributed by atoms with Crippen molar-refractivity contribution in [3.8, 4) is 5.75 Å². The number of hydrogen-bond donors (Lipinski definition) is 1. The van der Waals surface area contributed by atoms with Gasteiger partial charge in [0.05, 0.1) is 6.61 Å². The molecule has 0 saturated carbocycles. The molecule has 0 atom stereocenters. The number of nitrogens with zero attached hydrogens (tertiary/aromatic N) is 5. The third-order valence-electron chi connectivity index (χ3n) is 5.16.